The van der Waals surface area contributed by atoms with E-state index < -0.39 is 0 Å². The van der Waals surface area contributed by atoms with Gasteiger partial charge in [-0.05, 0) is 6.42 Å². The Hall–Kier alpha value is -0.0800. The minimum absolute atomic E-state index is 0.935. The van der Waals surface area contributed by atoms with E-state index >= 15 is 0 Å². The van der Waals surface area contributed by atoms with Crippen LogP contribution >= 0.6 is 0 Å². The Morgan fingerprint density at radius 3 is 2.24 bits per heavy atom. The van der Waals surface area contributed by atoms with E-state index in [1.54, 1.807) is 0 Å². The van der Waals surface area contributed by atoms with Crippen molar-refractivity contribution in [2.45, 2.75) is 51.5 Å². The van der Waals surface area contributed by atoms with Crippen LogP contribution in [0.25, 0.3) is 0 Å². The van der Waals surface area contributed by atoms with Crippen LogP contribution in [0, 0.1) is 0 Å². The number of hydrogen-bond donors (Lipinski definition) is 0. The van der Waals surface area contributed by atoms with Crippen LogP contribution in [0.15, 0.2) is 0 Å². The van der Waals surface area contributed by atoms with Crippen LogP contribution in [0.5, 0.6) is 0 Å². The molecule has 2 heterocycles. The van der Waals surface area contributed by atoms with Crippen LogP contribution in [-0.2, 0) is 0 Å². The van der Waals surface area contributed by atoms with E-state index in [0.29, 0.717) is 0 Å². The van der Waals surface area contributed by atoms with Gasteiger partial charge in [0.05, 0.1) is 40.3 Å². The second kappa shape index (κ2) is 5.27. The Balaban J connectivity index is 1.97. The van der Waals surface area contributed by atoms with Crippen LogP contribution < -0.4 is 0 Å². The molecule has 0 N–H and O–H groups in total. The monoisotopic (exact) mass is 240 g/mol. The first-order valence-electron chi connectivity index (χ1n) is 7.76. The van der Waals surface area contributed by atoms with E-state index in [4.69, 9.17) is 0 Å². The number of likely N-dealkylation sites (tertiary alicyclic amines) is 2. The summed E-state index contributed by atoms with van der Waals surface area (Å²) in [5, 5.41) is 0. The maximum absolute atomic E-state index is 2.45. The van der Waals surface area contributed by atoms with Crippen molar-refractivity contribution < 1.29 is 8.97 Å². The van der Waals surface area contributed by atoms with Crippen LogP contribution in [0.1, 0.15) is 45.4 Å². The highest BCUT2D eigenvalue weighted by Gasteiger charge is 2.42. The number of likely N-dealkylation sites (N-methyl/N-ethyl adjacent to an activating group) is 1. The van der Waals surface area contributed by atoms with E-state index in [1.165, 1.54) is 80.2 Å². The lowest BCUT2D eigenvalue weighted by Gasteiger charge is -2.40. The van der Waals surface area contributed by atoms with Gasteiger partial charge in [0.2, 0.25) is 0 Å². The van der Waals surface area contributed by atoms with Crippen LogP contribution in [0.4, 0.5) is 0 Å². The molecule has 2 aliphatic rings. The van der Waals surface area contributed by atoms with E-state index in [-0.39, 0.29) is 0 Å². The number of hydrogen-bond acceptors (Lipinski definition) is 0. The third kappa shape index (κ3) is 3.03. The summed E-state index contributed by atoms with van der Waals surface area (Å²) in [7, 11) is 4.90. The zero-order valence-electron chi connectivity index (χ0n) is 12.2. The third-order valence-electron chi connectivity index (χ3n) is 5.36. The van der Waals surface area contributed by atoms with Crippen molar-refractivity contribution in [2.24, 2.45) is 0 Å². The van der Waals surface area contributed by atoms with Gasteiger partial charge in [0.15, 0.2) is 0 Å². The van der Waals surface area contributed by atoms with Gasteiger partial charge < -0.3 is 8.97 Å². The maximum Gasteiger partial charge on any atom is 0.138 e. The Labute approximate surface area is 108 Å². The normalized spacial score (nSPS) is 30.9. The Kier molecular flexibility index (Phi) is 4.14. The fourth-order valence-corrected chi connectivity index (χ4v) is 4.02. The van der Waals surface area contributed by atoms with Gasteiger partial charge in [-0.3, -0.25) is 0 Å². The van der Waals surface area contributed by atoms with Crippen LogP contribution in [0.2, 0.25) is 0 Å². The molecule has 1 unspecified atom stereocenters. The molecule has 1 atom stereocenters. The summed E-state index contributed by atoms with van der Waals surface area (Å²) in [5.74, 6) is 0. The molecule has 0 spiro atoms. The van der Waals surface area contributed by atoms with Crippen molar-refractivity contribution in [3.63, 3.8) is 0 Å². The minimum atomic E-state index is 0.935. The summed E-state index contributed by atoms with van der Waals surface area (Å²) in [4.78, 5) is 0. The van der Waals surface area contributed by atoms with Crippen LogP contribution in [-0.4, -0.2) is 61.8 Å². The summed E-state index contributed by atoms with van der Waals surface area (Å²) in [6.07, 6.45) is 8.67. The zero-order valence-corrected chi connectivity index (χ0v) is 12.2. The standard InChI is InChI=1S/C15H32N2/c1-4-5-11-17(12-6-7-13-17)14-15-9-8-10-16(15,2)3/h15H,4-14H2,1-3H3/q+2. The topological polar surface area (TPSA) is 0 Å². The molecule has 0 saturated carbocycles. The Morgan fingerprint density at radius 2 is 1.71 bits per heavy atom. The SMILES string of the molecule is CCCC[N+]1(CC2CCC[N+]2(C)C)CCCC1. The lowest BCUT2D eigenvalue weighted by molar-refractivity contribution is -0.969. The van der Waals surface area contributed by atoms with Crippen molar-refractivity contribution in [1.82, 2.24) is 0 Å². The van der Waals surface area contributed by atoms with Gasteiger partial charge in [-0.15, -0.1) is 0 Å². The quantitative estimate of drug-likeness (QED) is 0.648. The molecule has 2 saturated heterocycles. The summed E-state index contributed by atoms with van der Waals surface area (Å²) < 4.78 is 2.74. The molecule has 2 rings (SSSR count). The molecule has 2 heteroatoms. The summed E-state index contributed by atoms with van der Waals surface area (Å²) in [6, 6.07) is 0.935. The molecular weight excluding hydrogens is 208 g/mol. The molecule has 0 aliphatic carbocycles. The van der Waals surface area contributed by atoms with Gasteiger partial charge in [0, 0.05) is 25.7 Å². The molecule has 0 amide bonds. The average Bonchev–Trinajstić information content (AvgIpc) is 2.85. The minimum Gasteiger partial charge on any atom is -0.321 e. The predicted octanol–water partition coefficient (Wildman–Crippen LogP) is 2.64. The lowest BCUT2D eigenvalue weighted by Crippen LogP contribution is -2.57. The van der Waals surface area contributed by atoms with E-state index in [1.807, 2.05) is 0 Å². The van der Waals surface area contributed by atoms with E-state index in [0.717, 1.165) is 6.04 Å². The zero-order chi connectivity index (χ0) is 12.4. The molecular formula is C15H32N2+2. The highest BCUT2D eigenvalue weighted by Crippen LogP contribution is 2.29. The molecule has 0 bridgehead atoms. The van der Waals surface area contributed by atoms with E-state index in [2.05, 4.69) is 21.0 Å². The highest BCUT2D eigenvalue weighted by atomic mass is 15.4. The maximum atomic E-state index is 2.45. The van der Waals surface area contributed by atoms with Crippen molar-refractivity contribution in [2.75, 3.05) is 46.8 Å². The number of unbranched alkanes of at least 4 members (excludes halogenated alkanes) is 1. The van der Waals surface area contributed by atoms with Crippen LogP contribution in [0.3, 0.4) is 0 Å². The predicted molar refractivity (Wildman–Crippen MR) is 73.9 cm³/mol. The van der Waals surface area contributed by atoms with Gasteiger partial charge in [-0.25, -0.2) is 0 Å². The molecule has 100 valence electrons. The van der Waals surface area contributed by atoms with Gasteiger partial charge in [0.1, 0.15) is 12.6 Å². The molecule has 0 aromatic rings. The van der Waals surface area contributed by atoms with Crippen molar-refractivity contribution in [3.05, 3.63) is 0 Å². The van der Waals surface area contributed by atoms with Gasteiger partial charge in [-0.1, -0.05) is 13.3 Å². The van der Waals surface area contributed by atoms with Gasteiger partial charge >= 0.3 is 0 Å². The summed E-state index contributed by atoms with van der Waals surface area (Å²) >= 11 is 0. The molecule has 0 aromatic heterocycles. The number of rotatable bonds is 5. The first-order chi connectivity index (χ1) is 8.08. The molecule has 0 aromatic carbocycles. The van der Waals surface area contributed by atoms with Gasteiger partial charge in [-0.2, -0.15) is 0 Å². The second-order valence-corrected chi connectivity index (χ2v) is 7.05. The summed E-state index contributed by atoms with van der Waals surface area (Å²) in [6.45, 7) is 9.59. The van der Waals surface area contributed by atoms with Gasteiger partial charge in [0.25, 0.3) is 0 Å². The summed E-state index contributed by atoms with van der Waals surface area (Å²) in [5.41, 5.74) is 0. The molecule has 2 aliphatic heterocycles. The first-order valence-corrected chi connectivity index (χ1v) is 7.76. The third-order valence-corrected chi connectivity index (χ3v) is 5.36. The fourth-order valence-electron chi connectivity index (χ4n) is 4.02. The number of nitrogens with zero attached hydrogens (tertiary/aromatic N) is 2. The average molecular weight is 240 g/mol. The molecule has 0 radical (unpaired) electrons. The van der Waals surface area contributed by atoms with Crippen molar-refractivity contribution >= 4 is 0 Å². The highest BCUT2D eigenvalue weighted by molar-refractivity contribution is 4.68. The Morgan fingerprint density at radius 1 is 1.00 bits per heavy atom. The van der Waals surface area contributed by atoms with Crippen molar-refractivity contribution in [1.29, 1.82) is 0 Å². The molecule has 2 nitrogen and oxygen atoms in total. The second-order valence-electron chi connectivity index (χ2n) is 7.05. The lowest BCUT2D eigenvalue weighted by atomic mass is 10.1. The molecule has 17 heavy (non-hydrogen) atoms. The largest absolute Gasteiger partial charge is 0.321 e. The van der Waals surface area contributed by atoms with Crippen molar-refractivity contribution in [3.8, 4) is 0 Å². The smallest absolute Gasteiger partial charge is 0.138 e. The number of quaternary nitrogens is 2. The fraction of sp³-hybridized carbons (Fsp3) is 1.00. The Bertz CT molecular complexity index is 241. The molecule has 2 fully saturated rings. The first kappa shape index (κ1) is 13.4. The van der Waals surface area contributed by atoms with E-state index in [9.17, 15) is 0 Å².